The monoisotopic (exact) mass is 608 g/mol. The van der Waals surface area contributed by atoms with Crippen LogP contribution in [0.4, 0.5) is 0 Å². The summed E-state index contributed by atoms with van der Waals surface area (Å²) in [6.07, 6.45) is 14.3. The molecule has 5 aromatic carbocycles. The summed E-state index contributed by atoms with van der Waals surface area (Å²) >= 11 is 1.74. The van der Waals surface area contributed by atoms with E-state index in [4.69, 9.17) is 0 Å². The highest BCUT2D eigenvalue weighted by molar-refractivity contribution is 8.03. The zero-order chi connectivity index (χ0) is 30.6. The molecule has 1 N–H and O–H groups in total. The second kappa shape index (κ2) is 11.0. The molecule has 2 aliphatic rings. The van der Waals surface area contributed by atoms with E-state index in [9.17, 15) is 0 Å². The fourth-order valence-electron chi connectivity index (χ4n) is 7.13. The van der Waals surface area contributed by atoms with Crippen LogP contribution in [0.15, 0.2) is 150 Å². The van der Waals surface area contributed by atoms with E-state index in [0.29, 0.717) is 0 Å². The maximum Gasteiger partial charge on any atom is 0.0541 e. The highest BCUT2D eigenvalue weighted by Gasteiger charge is 2.16. The van der Waals surface area contributed by atoms with Crippen LogP contribution in [0.1, 0.15) is 28.8 Å². The number of hydrogen-bond donors (Lipinski definition) is 1. The van der Waals surface area contributed by atoms with Crippen molar-refractivity contribution in [2.45, 2.75) is 24.2 Å². The summed E-state index contributed by atoms with van der Waals surface area (Å²) in [5.74, 6) is 0. The first kappa shape index (κ1) is 27.1. The second-order valence-electron chi connectivity index (χ2n) is 12.2. The zero-order valence-corrected chi connectivity index (χ0v) is 26.3. The number of rotatable bonds is 3. The quantitative estimate of drug-likeness (QED) is 0.212. The molecule has 0 fully saturated rings. The zero-order valence-electron chi connectivity index (χ0n) is 25.5. The Balaban J connectivity index is 1.11. The number of nitrogens with one attached hydrogen (secondary N) is 1. The van der Waals surface area contributed by atoms with Gasteiger partial charge in [0.05, 0.1) is 11.0 Å². The van der Waals surface area contributed by atoms with E-state index in [2.05, 4.69) is 156 Å². The number of thioether (sulfide) groups is 1. The molecule has 0 amide bonds. The Morgan fingerprint density at radius 1 is 0.674 bits per heavy atom. The molecule has 1 aliphatic heterocycles. The van der Waals surface area contributed by atoms with Crippen molar-refractivity contribution in [3.8, 4) is 16.8 Å². The maximum absolute atomic E-state index is 4.29. The summed E-state index contributed by atoms with van der Waals surface area (Å²) in [7, 11) is 0. The molecule has 0 unspecified atom stereocenters. The topological polar surface area (TPSA) is 20.7 Å². The maximum atomic E-state index is 4.29. The minimum absolute atomic E-state index is 0.892. The van der Waals surface area contributed by atoms with Crippen molar-refractivity contribution in [3.05, 3.63) is 167 Å². The van der Waals surface area contributed by atoms with E-state index in [1.807, 2.05) is 0 Å². The van der Waals surface area contributed by atoms with Crippen LogP contribution in [-0.2, 0) is 12.8 Å². The lowest BCUT2D eigenvalue weighted by molar-refractivity contribution is 0.951. The van der Waals surface area contributed by atoms with Crippen LogP contribution >= 0.6 is 11.8 Å². The average Bonchev–Trinajstić information content (AvgIpc) is 3.66. The third-order valence-corrected chi connectivity index (χ3v) is 10.5. The molecule has 46 heavy (non-hydrogen) atoms. The summed E-state index contributed by atoms with van der Waals surface area (Å²) in [4.78, 5) is 5.97. The Morgan fingerprint density at radius 2 is 1.43 bits per heavy atom. The molecule has 1 aliphatic carbocycles. The number of para-hydroxylation sites is 1. The van der Waals surface area contributed by atoms with Gasteiger partial charge in [-0.2, -0.15) is 0 Å². The average molecular weight is 609 g/mol. The van der Waals surface area contributed by atoms with Gasteiger partial charge < -0.3 is 9.55 Å². The summed E-state index contributed by atoms with van der Waals surface area (Å²) in [5.41, 5.74) is 13.8. The van der Waals surface area contributed by atoms with Crippen molar-refractivity contribution >= 4 is 56.1 Å². The number of nitrogens with zero attached hydrogens (tertiary/aromatic N) is 1. The Morgan fingerprint density at radius 3 is 2.35 bits per heavy atom. The number of H-pyrrole nitrogens is 1. The van der Waals surface area contributed by atoms with Crippen molar-refractivity contribution in [2.24, 2.45) is 0 Å². The number of aromatic nitrogens is 2. The molecule has 0 atom stereocenters. The van der Waals surface area contributed by atoms with Crippen molar-refractivity contribution < 1.29 is 0 Å². The molecule has 0 spiro atoms. The first-order chi connectivity index (χ1) is 22.7. The van der Waals surface area contributed by atoms with E-state index < -0.39 is 0 Å². The van der Waals surface area contributed by atoms with E-state index in [0.717, 1.165) is 29.9 Å². The molecule has 7 aromatic rings. The Bertz CT molecular complexity index is 2430. The standard InChI is InChI=1S/C43H32N2S/c1-28-14-15-29(16-17-31-8-2-7-13-43(31)46-28)30-18-22-34(23-19-30)45-41-12-6-4-10-36(41)38-27-33(21-25-42(38)45)32-20-24-40-37(26-32)35-9-3-5-11-39(35)44-40/h2-4,6-10,12-16,18-27,44H,1,5,11,17H2/b15-14-,29-16+. The van der Waals surface area contributed by atoms with Crippen molar-refractivity contribution in [2.75, 3.05) is 0 Å². The summed E-state index contributed by atoms with van der Waals surface area (Å²) in [5, 5.41) is 3.84. The molecule has 0 saturated carbocycles. The van der Waals surface area contributed by atoms with Crippen molar-refractivity contribution in [1.82, 2.24) is 9.55 Å². The first-order valence-electron chi connectivity index (χ1n) is 16.0. The lowest BCUT2D eigenvalue weighted by atomic mass is 9.98. The van der Waals surface area contributed by atoms with Gasteiger partial charge >= 0.3 is 0 Å². The SMILES string of the molecule is C=C1/C=C\C(c2ccc(-n3c4ccccc4c4cc(-c5ccc6[nH]c7c(c6c5)C=CCC7)ccc43)cc2)=C/Cc2ccccc2S1. The molecule has 0 saturated heterocycles. The molecule has 0 bridgehead atoms. The van der Waals surface area contributed by atoms with Crippen LogP contribution in [0, 0.1) is 0 Å². The Hall–Kier alpha value is -5.25. The third kappa shape index (κ3) is 4.58. The van der Waals surface area contributed by atoms with Gasteiger partial charge in [0.1, 0.15) is 0 Å². The lowest BCUT2D eigenvalue weighted by Crippen LogP contribution is -1.94. The van der Waals surface area contributed by atoms with E-state index in [1.165, 1.54) is 76.7 Å². The van der Waals surface area contributed by atoms with Crippen LogP contribution < -0.4 is 0 Å². The van der Waals surface area contributed by atoms with Crippen LogP contribution in [0.5, 0.6) is 0 Å². The number of aryl methyl sites for hydroxylation is 1. The first-order valence-corrected chi connectivity index (χ1v) is 16.8. The van der Waals surface area contributed by atoms with E-state index in [-0.39, 0.29) is 0 Å². The highest BCUT2D eigenvalue weighted by Crippen LogP contribution is 2.38. The molecule has 2 aromatic heterocycles. The molecule has 2 nitrogen and oxygen atoms in total. The summed E-state index contributed by atoms with van der Waals surface area (Å²) < 4.78 is 2.40. The summed E-state index contributed by atoms with van der Waals surface area (Å²) in [6.45, 7) is 4.29. The number of fused-ring (bicyclic) bond motifs is 7. The van der Waals surface area contributed by atoms with Gasteiger partial charge in [0.15, 0.2) is 0 Å². The smallest absolute Gasteiger partial charge is 0.0541 e. The number of hydrogen-bond acceptors (Lipinski definition) is 1. The largest absolute Gasteiger partial charge is 0.358 e. The number of benzene rings is 5. The fraction of sp³-hybridized carbons (Fsp3) is 0.0698. The number of aromatic amines is 1. The minimum atomic E-state index is 0.892. The fourth-order valence-corrected chi connectivity index (χ4v) is 7.98. The molecule has 9 rings (SSSR count). The van der Waals surface area contributed by atoms with Gasteiger partial charge in [-0.3, -0.25) is 0 Å². The van der Waals surface area contributed by atoms with Gasteiger partial charge in [0.2, 0.25) is 0 Å². The Kier molecular flexibility index (Phi) is 6.46. The van der Waals surface area contributed by atoms with Crippen LogP contribution in [0.25, 0.3) is 61.2 Å². The molecule has 0 radical (unpaired) electrons. The van der Waals surface area contributed by atoms with Gasteiger partial charge in [-0.15, -0.1) is 0 Å². The predicted octanol–water partition coefficient (Wildman–Crippen LogP) is 11.7. The molecular weight excluding hydrogens is 577 g/mol. The Labute approximate surface area is 273 Å². The van der Waals surface area contributed by atoms with Gasteiger partial charge in [-0.05, 0) is 102 Å². The van der Waals surface area contributed by atoms with Crippen molar-refractivity contribution in [3.63, 3.8) is 0 Å². The third-order valence-electron chi connectivity index (χ3n) is 9.44. The van der Waals surface area contributed by atoms with Crippen LogP contribution in [0.3, 0.4) is 0 Å². The van der Waals surface area contributed by atoms with Gasteiger partial charge in [-0.1, -0.05) is 103 Å². The van der Waals surface area contributed by atoms with Gasteiger partial charge in [0, 0.05) is 48.4 Å². The van der Waals surface area contributed by atoms with Crippen LogP contribution in [0.2, 0.25) is 0 Å². The second-order valence-corrected chi connectivity index (χ2v) is 13.4. The van der Waals surface area contributed by atoms with Gasteiger partial charge in [0.25, 0.3) is 0 Å². The van der Waals surface area contributed by atoms with E-state index in [1.54, 1.807) is 11.8 Å². The molecular formula is C43H32N2S. The predicted molar refractivity (Wildman–Crippen MR) is 198 cm³/mol. The van der Waals surface area contributed by atoms with Crippen molar-refractivity contribution in [1.29, 1.82) is 0 Å². The van der Waals surface area contributed by atoms with E-state index >= 15 is 0 Å². The normalized spacial score (nSPS) is 16.4. The molecule has 3 heterocycles. The van der Waals surface area contributed by atoms with Gasteiger partial charge in [-0.25, -0.2) is 0 Å². The number of allylic oxidation sites excluding steroid dienone is 5. The molecule has 3 heteroatoms. The highest BCUT2D eigenvalue weighted by atomic mass is 32.2. The summed E-state index contributed by atoms with van der Waals surface area (Å²) in [6, 6.07) is 40.2. The molecule has 220 valence electrons. The lowest BCUT2D eigenvalue weighted by Gasteiger charge is -2.11. The van der Waals surface area contributed by atoms with Crippen LogP contribution in [-0.4, -0.2) is 9.55 Å². The minimum Gasteiger partial charge on any atom is -0.358 e.